The van der Waals surface area contributed by atoms with E-state index in [9.17, 15) is 5.11 Å². The molecule has 0 aromatic rings. The largest absolute Gasteiger partial charge is 0.393 e. The summed E-state index contributed by atoms with van der Waals surface area (Å²) in [5.41, 5.74) is 0. The molecule has 1 saturated carbocycles. The predicted octanol–water partition coefficient (Wildman–Crippen LogP) is 1.80. The molecule has 0 aromatic carbocycles. The van der Waals surface area contributed by atoms with Crippen molar-refractivity contribution >= 4 is 0 Å². The molecule has 0 bridgehead atoms. The second-order valence-corrected chi connectivity index (χ2v) is 3.46. The highest BCUT2D eigenvalue weighted by atomic mass is 16.3. The highest BCUT2D eigenvalue weighted by Gasteiger charge is 2.22. The van der Waals surface area contributed by atoms with E-state index < -0.39 is 0 Å². The van der Waals surface area contributed by atoms with E-state index in [1.54, 1.807) is 0 Å². The summed E-state index contributed by atoms with van der Waals surface area (Å²) in [5, 5.41) is 9.30. The van der Waals surface area contributed by atoms with Crippen LogP contribution in [0.25, 0.3) is 0 Å². The molecule has 0 saturated heterocycles. The van der Waals surface area contributed by atoms with Gasteiger partial charge >= 0.3 is 0 Å². The molecule has 1 N–H and O–H groups in total. The van der Waals surface area contributed by atoms with Gasteiger partial charge in [0.2, 0.25) is 0 Å². The highest BCUT2D eigenvalue weighted by Crippen LogP contribution is 2.28. The molecule has 1 nitrogen and oxygen atoms in total. The monoisotopic (exact) mass is 128 g/mol. The topological polar surface area (TPSA) is 20.2 Å². The average molecular weight is 128 g/mol. The van der Waals surface area contributed by atoms with Gasteiger partial charge in [0.25, 0.3) is 0 Å². The van der Waals surface area contributed by atoms with Gasteiger partial charge in [-0.25, -0.2) is 0 Å². The zero-order valence-corrected chi connectivity index (χ0v) is 6.30. The van der Waals surface area contributed by atoms with Gasteiger partial charge in [-0.05, 0) is 31.1 Å². The van der Waals surface area contributed by atoms with Crippen LogP contribution in [0.2, 0.25) is 0 Å². The molecule has 0 aliphatic heterocycles. The minimum atomic E-state index is -0.0128. The van der Waals surface area contributed by atoms with Crippen molar-refractivity contribution in [1.29, 1.82) is 0 Å². The molecule has 2 unspecified atom stereocenters. The molecule has 0 radical (unpaired) electrons. The summed E-state index contributed by atoms with van der Waals surface area (Å²) in [5.74, 6) is 1.37. The first kappa shape index (κ1) is 7.07. The Kier molecular flexibility index (Phi) is 2.12. The molecule has 0 spiro atoms. The maximum absolute atomic E-state index is 9.30. The van der Waals surface area contributed by atoms with E-state index in [-0.39, 0.29) is 6.10 Å². The maximum atomic E-state index is 9.30. The van der Waals surface area contributed by atoms with Crippen molar-refractivity contribution in [3.63, 3.8) is 0 Å². The number of hydrogen-bond acceptors (Lipinski definition) is 1. The zero-order chi connectivity index (χ0) is 6.85. The van der Waals surface area contributed by atoms with Gasteiger partial charge in [0.1, 0.15) is 0 Å². The Labute approximate surface area is 57.1 Å². The average Bonchev–Trinajstić information content (AvgIpc) is 1.80. The van der Waals surface area contributed by atoms with E-state index in [2.05, 4.69) is 13.8 Å². The van der Waals surface area contributed by atoms with Gasteiger partial charge in [-0.3, -0.25) is 0 Å². The number of aliphatic hydroxyl groups is 1. The van der Waals surface area contributed by atoms with Crippen molar-refractivity contribution in [3.8, 4) is 0 Å². The van der Waals surface area contributed by atoms with Crippen LogP contribution < -0.4 is 0 Å². The first-order valence-electron chi connectivity index (χ1n) is 3.88. The second kappa shape index (κ2) is 2.70. The van der Waals surface area contributed by atoms with Gasteiger partial charge in [-0.1, -0.05) is 13.8 Å². The quantitative estimate of drug-likeness (QED) is 0.527. The lowest BCUT2D eigenvalue weighted by molar-refractivity contribution is 0.0611. The molecule has 0 amide bonds. The predicted molar refractivity (Wildman–Crippen MR) is 38.2 cm³/mol. The fourth-order valence-electron chi connectivity index (χ4n) is 1.65. The van der Waals surface area contributed by atoms with Crippen molar-refractivity contribution in [2.45, 2.75) is 39.2 Å². The van der Waals surface area contributed by atoms with Crippen LogP contribution in [0, 0.1) is 11.8 Å². The van der Waals surface area contributed by atoms with Gasteiger partial charge in [-0.15, -0.1) is 0 Å². The highest BCUT2D eigenvalue weighted by molar-refractivity contribution is 4.74. The molecular weight excluding hydrogens is 112 g/mol. The van der Waals surface area contributed by atoms with Crippen molar-refractivity contribution in [1.82, 2.24) is 0 Å². The standard InChI is InChI=1S/C8H16O/c1-6-3-4-8(9)7(2)5-6/h6-9H,3-5H2,1-2H3/t6-,7?,8?/m1/s1. The summed E-state index contributed by atoms with van der Waals surface area (Å²) < 4.78 is 0. The molecular formula is C8H16O. The lowest BCUT2D eigenvalue weighted by atomic mass is 9.81. The molecule has 1 fully saturated rings. The van der Waals surface area contributed by atoms with Crippen LogP contribution in [0.15, 0.2) is 0 Å². The van der Waals surface area contributed by atoms with E-state index in [0.29, 0.717) is 5.92 Å². The minimum absolute atomic E-state index is 0.0128. The molecule has 0 aromatic heterocycles. The Hall–Kier alpha value is -0.0400. The Morgan fingerprint density at radius 1 is 1.22 bits per heavy atom. The molecule has 1 heteroatoms. The fraction of sp³-hybridized carbons (Fsp3) is 1.00. The fourth-order valence-corrected chi connectivity index (χ4v) is 1.65. The first-order valence-corrected chi connectivity index (χ1v) is 3.88. The van der Waals surface area contributed by atoms with Crippen LogP contribution in [0.3, 0.4) is 0 Å². The van der Waals surface area contributed by atoms with E-state index in [1.807, 2.05) is 0 Å². The van der Waals surface area contributed by atoms with Crippen LogP contribution >= 0.6 is 0 Å². The molecule has 1 rings (SSSR count). The SMILES string of the molecule is CC1C[C@H](C)CCC1O. The van der Waals surface area contributed by atoms with Gasteiger partial charge in [0.05, 0.1) is 6.10 Å². The van der Waals surface area contributed by atoms with E-state index in [0.717, 1.165) is 12.3 Å². The molecule has 0 heterocycles. The van der Waals surface area contributed by atoms with Crippen molar-refractivity contribution in [2.75, 3.05) is 0 Å². The Balaban J connectivity index is 2.35. The summed E-state index contributed by atoms with van der Waals surface area (Å²) in [7, 11) is 0. The summed E-state index contributed by atoms with van der Waals surface area (Å²) >= 11 is 0. The van der Waals surface area contributed by atoms with E-state index in [4.69, 9.17) is 0 Å². The van der Waals surface area contributed by atoms with E-state index >= 15 is 0 Å². The number of rotatable bonds is 0. The van der Waals surface area contributed by atoms with Crippen LogP contribution in [0.5, 0.6) is 0 Å². The molecule has 1 aliphatic rings. The van der Waals surface area contributed by atoms with Crippen LogP contribution in [0.1, 0.15) is 33.1 Å². The van der Waals surface area contributed by atoms with Gasteiger partial charge in [-0.2, -0.15) is 0 Å². The van der Waals surface area contributed by atoms with E-state index in [1.165, 1.54) is 12.8 Å². The normalized spacial score (nSPS) is 45.0. The van der Waals surface area contributed by atoms with Gasteiger partial charge in [0, 0.05) is 0 Å². The lowest BCUT2D eigenvalue weighted by Gasteiger charge is -2.28. The third-order valence-electron chi connectivity index (χ3n) is 2.39. The summed E-state index contributed by atoms with van der Waals surface area (Å²) in [6.45, 7) is 4.41. The van der Waals surface area contributed by atoms with Crippen LogP contribution in [0.4, 0.5) is 0 Å². The van der Waals surface area contributed by atoms with Gasteiger partial charge < -0.3 is 5.11 Å². The number of aliphatic hydroxyl groups excluding tert-OH is 1. The molecule has 54 valence electrons. The summed E-state index contributed by atoms with van der Waals surface area (Å²) in [4.78, 5) is 0. The zero-order valence-electron chi connectivity index (χ0n) is 6.30. The molecule has 9 heavy (non-hydrogen) atoms. The second-order valence-electron chi connectivity index (χ2n) is 3.46. The Morgan fingerprint density at radius 3 is 2.33 bits per heavy atom. The lowest BCUT2D eigenvalue weighted by Crippen LogP contribution is -2.25. The van der Waals surface area contributed by atoms with Crippen molar-refractivity contribution < 1.29 is 5.11 Å². The van der Waals surface area contributed by atoms with Crippen LogP contribution in [-0.2, 0) is 0 Å². The minimum Gasteiger partial charge on any atom is -0.393 e. The summed E-state index contributed by atoms with van der Waals surface area (Å²) in [6, 6.07) is 0. The maximum Gasteiger partial charge on any atom is 0.0566 e. The third-order valence-corrected chi connectivity index (χ3v) is 2.39. The van der Waals surface area contributed by atoms with Gasteiger partial charge in [0.15, 0.2) is 0 Å². The van der Waals surface area contributed by atoms with Crippen LogP contribution in [-0.4, -0.2) is 11.2 Å². The summed E-state index contributed by atoms with van der Waals surface area (Å²) in [6.07, 6.45) is 3.43. The van der Waals surface area contributed by atoms with Crippen molar-refractivity contribution in [2.24, 2.45) is 11.8 Å². The van der Waals surface area contributed by atoms with Crippen molar-refractivity contribution in [3.05, 3.63) is 0 Å². The smallest absolute Gasteiger partial charge is 0.0566 e. The molecule has 3 atom stereocenters. The third kappa shape index (κ3) is 1.68. The Morgan fingerprint density at radius 2 is 1.89 bits per heavy atom. The molecule has 1 aliphatic carbocycles. The first-order chi connectivity index (χ1) is 4.20. The number of hydrogen-bond donors (Lipinski definition) is 1. The Bertz CT molecular complexity index is 90.6.